The summed E-state index contributed by atoms with van der Waals surface area (Å²) in [4.78, 5) is 7.15. The molecule has 1 fully saturated rings. The van der Waals surface area contributed by atoms with Crippen molar-refractivity contribution in [2.45, 2.75) is 23.6 Å². The van der Waals surface area contributed by atoms with Gasteiger partial charge in [-0.2, -0.15) is 14.7 Å². The summed E-state index contributed by atoms with van der Waals surface area (Å²) in [7, 11) is 2.42. The molecule has 0 aliphatic carbocycles. The second-order valence-corrected chi connectivity index (χ2v) is 10.9. The average Bonchev–Trinajstić information content (AvgIpc) is 3.46. The van der Waals surface area contributed by atoms with Gasteiger partial charge in [0.1, 0.15) is 26.8 Å². The zero-order valence-corrected chi connectivity index (χ0v) is 19.7. The Labute approximate surface area is 192 Å². The van der Waals surface area contributed by atoms with Crippen LogP contribution in [0.15, 0.2) is 34.9 Å². The van der Waals surface area contributed by atoms with Crippen LogP contribution in [0.25, 0.3) is 16.8 Å². The number of nitrogens with one attached hydrogen (secondary N) is 2. The first-order valence-corrected chi connectivity index (χ1v) is 12.2. The minimum Gasteiger partial charge on any atom is -0.352 e. The van der Waals surface area contributed by atoms with Gasteiger partial charge in [0, 0.05) is 42.5 Å². The Morgan fingerprint density at radius 3 is 2.88 bits per heavy atom. The minimum atomic E-state index is -1.19. The largest absolute Gasteiger partial charge is 0.352 e. The predicted octanol–water partition coefficient (Wildman–Crippen LogP) is 2.35. The van der Waals surface area contributed by atoms with Gasteiger partial charge >= 0.3 is 0 Å². The van der Waals surface area contributed by atoms with Crippen LogP contribution < -0.4 is 16.0 Å². The molecule has 4 N–H and O–H groups in total. The van der Waals surface area contributed by atoms with Gasteiger partial charge in [-0.15, -0.1) is 11.3 Å². The molecule has 5 heterocycles. The summed E-state index contributed by atoms with van der Waals surface area (Å²) in [5.74, 6) is 1.64. The summed E-state index contributed by atoms with van der Waals surface area (Å²) in [6, 6.07) is 4.30. The van der Waals surface area contributed by atoms with Crippen molar-refractivity contribution < 1.29 is 4.21 Å². The van der Waals surface area contributed by atoms with Crippen LogP contribution in [0.3, 0.4) is 0 Å². The summed E-state index contributed by atoms with van der Waals surface area (Å²) < 4.78 is 16.9. The van der Waals surface area contributed by atoms with Gasteiger partial charge in [-0.25, -0.2) is 13.5 Å². The van der Waals surface area contributed by atoms with Crippen LogP contribution in [0.2, 0.25) is 0 Å². The maximum Gasteiger partial charge on any atom is 0.167 e. The van der Waals surface area contributed by atoms with Crippen LogP contribution >= 0.6 is 11.3 Å². The van der Waals surface area contributed by atoms with E-state index >= 15 is 0 Å². The van der Waals surface area contributed by atoms with Gasteiger partial charge in [0.2, 0.25) is 0 Å². The first kappa shape index (κ1) is 21.1. The monoisotopic (exact) mass is 471 g/mol. The molecule has 4 aromatic heterocycles. The third kappa shape index (κ3) is 3.58. The van der Waals surface area contributed by atoms with Gasteiger partial charge in [0.25, 0.3) is 0 Å². The molecule has 4 aromatic rings. The van der Waals surface area contributed by atoms with Gasteiger partial charge in [-0.1, -0.05) is 0 Å². The summed E-state index contributed by atoms with van der Waals surface area (Å²) in [6.07, 6.45) is 6.45. The fourth-order valence-electron chi connectivity index (χ4n) is 3.77. The molecule has 168 valence electrons. The lowest BCUT2D eigenvalue weighted by Crippen LogP contribution is -2.52. The lowest BCUT2D eigenvalue weighted by atomic mass is 10.0. The van der Waals surface area contributed by atoms with Crippen molar-refractivity contribution in [1.82, 2.24) is 29.1 Å². The Kier molecular flexibility index (Phi) is 5.45. The lowest BCUT2D eigenvalue weighted by Gasteiger charge is -2.41. The molecule has 0 bridgehead atoms. The fourth-order valence-corrected chi connectivity index (χ4v) is 6.25. The van der Waals surface area contributed by atoms with Crippen LogP contribution in [0.4, 0.5) is 16.6 Å². The van der Waals surface area contributed by atoms with Gasteiger partial charge in [0.15, 0.2) is 5.65 Å². The molecule has 1 saturated heterocycles. The highest BCUT2D eigenvalue weighted by Crippen LogP contribution is 2.35. The average molecular weight is 472 g/mol. The van der Waals surface area contributed by atoms with Crippen molar-refractivity contribution >= 4 is 44.6 Å². The Morgan fingerprint density at radius 2 is 2.22 bits per heavy atom. The molecule has 2 atom stereocenters. The maximum absolute atomic E-state index is 12.6. The molecular weight excluding hydrogens is 446 g/mol. The molecule has 0 spiro atoms. The Hall–Kier alpha value is -2.80. The first-order valence-electron chi connectivity index (χ1n) is 10.3. The number of aryl methyl sites for hydroxylation is 1. The standard InChI is InChI=1S/C20H25N9OS2/c1-12-6-18(31-20(12)32(30)27(2)3)25-17-7-16(28-5-4-14(28)8-21)26-19-15(11-24-29(17)19)13-9-22-23-10-13/h6-7,9-11,14,25H,4-5,8,21H2,1-3H3,(H,22,23). The van der Waals surface area contributed by atoms with Crippen LogP contribution in [-0.4, -0.2) is 66.5 Å². The number of aromatic amines is 1. The third-order valence-corrected chi connectivity index (χ3v) is 8.52. The number of fused-ring (bicyclic) bond motifs is 1. The molecule has 0 radical (unpaired) electrons. The molecular formula is C20H25N9OS2. The van der Waals surface area contributed by atoms with Crippen molar-refractivity contribution in [3.63, 3.8) is 0 Å². The second kappa shape index (κ2) is 8.28. The number of thiophene rings is 1. The molecule has 0 saturated carbocycles. The Bertz CT molecular complexity index is 1280. The van der Waals surface area contributed by atoms with E-state index < -0.39 is 11.0 Å². The smallest absolute Gasteiger partial charge is 0.167 e. The van der Waals surface area contributed by atoms with Crippen LogP contribution in [0, 0.1) is 6.92 Å². The zero-order chi connectivity index (χ0) is 22.4. The van der Waals surface area contributed by atoms with Gasteiger partial charge in [-0.05, 0) is 39.1 Å². The quantitative estimate of drug-likeness (QED) is 0.378. The fraction of sp³-hybridized carbons (Fsp3) is 0.350. The summed E-state index contributed by atoms with van der Waals surface area (Å²) in [5, 5.41) is 15.9. The minimum absolute atomic E-state index is 0.288. The number of nitrogens with two attached hydrogens (primary N) is 1. The predicted molar refractivity (Wildman–Crippen MR) is 128 cm³/mol. The van der Waals surface area contributed by atoms with Gasteiger partial charge < -0.3 is 16.0 Å². The SMILES string of the molecule is Cc1cc(Nc2cc(N3CCC3CN)nc3c(-c4cn[nH]c4)cnn23)sc1S(=O)N(C)C. The number of hydrogen-bond acceptors (Lipinski definition) is 8. The molecule has 2 unspecified atom stereocenters. The number of rotatable bonds is 7. The maximum atomic E-state index is 12.6. The van der Waals surface area contributed by atoms with E-state index in [-0.39, 0.29) is 6.04 Å². The van der Waals surface area contributed by atoms with Crippen molar-refractivity contribution in [2.75, 3.05) is 37.4 Å². The topological polar surface area (TPSA) is 120 Å². The van der Waals surface area contributed by atoms with E-state index in [1.807, 2.05) is 39.3 Å². The van der Waals surface area contributed by atoms with E-state index in [9.17, 15) is 4.21 Å². The van der Waals surface area contributed by atoms with E-state index in [4.69, 9.17) is 10.7 Å². The van der Waals surface area contributed by atoms with E-state index in [1.165, 1.54) is 11.3 Å². The molecule has 12 heteroatoms. The molecule has 1 aliphatic heterocycles. The highest BCUT2D eigenvalue weighted by atomic mass is 32.2. The molecule has 32 heavy (non-hydrogen) atoms. The highest BCUT2D eigenvalue weighted by Gasteiger charge is 2.29. The molecule has 1 aliphatic rings. The lowest BCUT2D eigenvalue weighted by molar-refractivity contribution is 0.452. The van der Waals surface area contributed by atoms with Crippen molar-refractivity contribution in [1.29, 1.82) is 0 Å². The molecule has 0 aromatic carbocycles. The Balaban J connectivity index is 1.59. The summed E-state index contributed by atoms with van der Waals surface area (Å²) >= 11 is 1.48. The van der Waals surface area contributed by atoms with E-state index in [1.54, 1.807) is 21.2 Å². The van der Waals surface area contributed by atoms with Crippen LogP contribution in [0.1, 0.15) is 12.0 Å². The van der Waals surface area contributed by atoms with Crippen LogP contribution in [0.5, 0.6) is 0 Å². The second-order valence-electron chi connectivity index (χ2n) is 7.92. The molecule has 10 nitrogen and oxygen atoms in total. The van der Waals surface area contributed by atoms with Crippen molar-refractivity contribution in [2.24, 2.45) is 5.73 Å². The van der Waals surface area contributed by atoms with E-state index in [0.717, 1.165) is 56.1 Å². The molecule has 0 amide bonds. The number of H-pyrrole nitrogens is 1. The van der Waals surface area contributed by atoms with Crippen LogP contribution in [-0.2, 0) is 11.0 Å². The van der Waals surface area contributed by atoms with E-state index in [0.29, 0.717) is 6.54 Å². The normalized spacial score (nSPS) is 17.2. The number of anilines is 3. The highest BCUT2D eigenvalue weighted by molar-refractivity contribution is 7.85. The molecule has 5 rings (SSSR count). The number of aromatic nitrogens is 5. The van der Waals surface area contributed by atoms with Gasteiger partial charge in [-0.3, -0.25) is 5.10 Å². The van der Waals surface area contributed by atoms with E-state index in [2.05, 4.69) is 25.5 Å². The summed E-state index contributed by atoms with van der Waals surface area (Å²) in [6.45, 7) is 3.49. The van der Waals surface area contributed by atoms with Gasteiger partial charge in [0.05, 0.1) is 17.4 Å². The van der Waals surface area contributed by atoms with Crippen molar-refractivity contribution in [3.05, 3.63) is 36.3 Å². The van der Waals surface area contributed by atoms with Crippen molar-refractivity contribution in [3.8, 4) is 11.1 Å². The number of hydrogen-bond donors (Lipinski definition) is 3. The number of nitrogens with zero attached hydrogens (tertiary/aromatic N) is 6. The Morgan fingerprint density at radius 1 is 1.38 bits per heavy atom. The first-order chi connectivity index (χ1) is 15.5. The third-order valence-electron chi connectivity index (χ3n) is 5.59. The summed E-state index contributed by atoms with van der Waals surface area (Å²) in [5.41, 5.74) is 9.49. The zero-order valence-electron chi connectivity index (χ0n) is 18.1.